The lowest BCUT2D eigenvalue weighted by molar-refractivity contribution is -0.146. The molecular weight excluding hydrogens is 240 g/mol. The Labute approximate surface area is 112 Å². The second-order valence-corrected chi connectivity index (χ2v) is 4.93. The predicted molar refractivity (Wildman–Crippen MR) is 73.0 cm³/mol. The van der Waals surface area contributed by atoms with Crippen LogP contribution in [0.15, 0.2) is 36.4 Å². The van der Waals surface area contributed by atoms with Crippen molar-refractivity contribution in [3.63, 3.8) is 0 Å². The smallest absolute Gasteiger partial charge is 0.309 e. The van der Waals surface area contributed by atoms with Crippen molar-refractivity contribution >= 4 is 16.7 Å². The lowest BCUT2D eigenvalue weighted by atomic mass is 10.1. The van der Waals surface area contributed by atoms with Crippen LogP contribution in [0.1, 0.15) is 18.4 Å². The fourth-order valence-corrected chi connectivity index (χ4v) is 2.08. The van der Waals surface area contributed by atoms with Crippen molar-refractivity contribution in [2.24, 2.45) is 5.92 Å². The average molecular weight is 256 g/mol. The maximum atomic E-state index is 11.5. The number of benzene rings is 2. The van der Waals surface area contributed by atoms with Gasteiger partial charge in [0.25, 0.3) is 0 Å². The van der Waals surface area contributed by atoms with E-state index >= 15 is 0 Å². The van der Waals surface area contributed by atoms with Crippen molar-refractivity contribution in [3.05, 3.63) is 42.0 Å². The van der Waals surface area contributed by atoms with Gasteiger partial charge in [-0.25, -0.2) is 0 Å². The maximum Gasteiger partial charge on any atom is 0.309 e. The second-order valence-electron chi connectivity index (χ2n) is 4.93. The number of rotatable bonds is 4. The van der Waals surface area contributed by atoms with Gasteiger partial charge in [0.2, 0.25) is 0 Å². The first kappa shape index (κ1) is 12.0. The van der Waals surface area contributed by atoms with E-state index < -0.39 is 0 Å². The molecule has 0 bridgehead atoms. The van der Waals surface area contributed by atoms with Gasteiger partial charge in [-0.15, -0.1) is 0 Å². The standard InChI is InChI=1S/C16H16O3/c1-18-15-7-6-13-8-11(2-3-14(13)9-15)10-19-16(17)12-4-5-12/h2-3,6-9,12H,4-5,10H2,1H3. The van der Waals surface area contributed by atoms with E-state index in [1.54, 1.807) is 7.11 Å². The molecular formula is C16H16O3. The molecule has 0 saturated heterocycles. The molecule has 1 aliphatic rings. The van der Waals surface area contributed by atoms with Crippen LogP contribution in [0.2, 0.25) is 0 Å². The Morgan fingerprint density at radius 3 is 2.63 bits per heavy atom. The van der Waals surface area contributed by atoms with Gasteiger partial charge in [-0.3, -0.25) is 4.79 Å². The molecule has 0 unspecified atom stereocenters. The molecule has 0 N–H and O–H groups in total. The third-order valence-electron chi connectivity index (χ3n) is 3.40. The molecule has 98 valence electrons. The largest absolute Gasteiger partial charge is 0.497 e. The lowest BCUT2D eigenvalue weighted by Crippen LogP contribution is -2.06. The van der Waals surface area contributed by atoms with E-state index in [-0.39, 0.29) is 11.9 Å². The van der Waals surface area contributed by atoms with Gasteiger partial charge in [0, 0.05) is 0 Å². The maximum absolute atomic E-state index is 11.5. The van der Waals surface area contributed by atoms with E-state index in [1.165, 1.54) is 0 Å². The SMILES string of the molecule is COc1ccc2cc(COC(=O)C3CC3)ccc2c1. The molecule has 3 nitrogen and oxygen atoms in total. The Morgan fingerprint density at radius 2 is 1.89 bits per heavy atom. The third-order valence-corrected chi connectivity index (χ3v) is 3.40. The van der Waals surface area contributed by atoms with Crippen LogP contribution in [0.3, 0.4) is 0 Å². The Kier molecular flexibility index (Phi) is 3.11. The minimum absolute atomic E-state index is 0.0603. The zero-order valence-corrected chi connectivity index (χ0v) is 10.9. The number of ether oxygens (including phenoxy) is 2. The normalized spacial score (nSPS) is 14.4. The molecule has 1 fully saturated rings. The van der Waals surface area contributed by atoms with Crippen LogP contribution in [-0.4, -0.2) is 13.1 Å². The Bertz CT molecular complexity index is 614. The summed E-state index contributed by atoms with van der Waals surface area (Å²) in [7, 11) is 1.66. The molecule has 3 rings (SSSR count). The van der Waals surface area contributed by atoms with Crippen LogP contribution in [0.5, 0.6) is 5.75 Å². The highest BCUT2D eigenvalue weighted by atomic mass is 16.5. The molecule has 0 radical (unpaired) electrons. The zero-order chi connectivity index (χ0) is 13.2. The van der Waals surface area contributed by atoms with Crippen molar-refractivity contribution < 1.29 is 14.3 Å². The second kappa shape index (κ2) is 4.92. The molecule has 0 aliphatic heterocycles. The summed E-state index contributed by atoms with van der Waals surface area (Å²) in [5, 5.41) is 2.25. The monoisotopic (exact) mass is 256 g/mol. The van der Waals surface area contributed by atoms with Crippen LogP contribution in [-0.2, 0) is 16.1 Å². The fourth-order valence-electron chi connectivity index (χ4n) is 2.08. The number of hydrogen-bond acceptors (Lipinski definition) is 3. The Balaban J connectivity index is 1.75. The molecule has 0 amide bonds. The highest BCUT2D eigenvalue weighted by Crippen LogP contribution is 2.30. The van der Waals surface area contributed by atoms with Crippen LogP contribution < -0.4 is 4.74 Å². The molecule has 0 atom stereocenters. The highest BCUT2D eigenvalue weighted by molar-refractivity contribution is 5.84. The van der Waals surface area contributed by atoms with Crippen LogP contribution >= 0.6 is 0 Å². The number of carbonyl (C=O) groups is 1. The number of methoxy groups -OCH3 is 1. The summed E-state index contributed by atoms with van der Waals surface area (Å²) >= 11 is 0. The first-order valence-electron chi connectivity index (χ1n) is 6.49. The van der Waals surface area contributed by atoms with E-state index in [9.17, 15) is 4.79 Å². The molecule has 3 heteroatoms. The predicted octanol–water partition coefficient (Wildman–Crippen LogP) is 3.30. The number of hydrogen-bond donors (Lipinski definition) is 0. The van der Waals surface area contributed by atoms with Gasteiger partial charge >= 0.3 is 5.97 Å². The highest BCUT2D eigenvalue weighted by Gasteiger charge is 2.31. The van der Waals surface area contributed by atoms with Crippen LogP contribution in [0.4, 0.5) is 0 Å². The molecule has 2 aromatic rings. The number of esters is 1. The minimum atomic E-state index is -0.0603. The molecule has 0 aromatic heterocycles. The van der Waals surface area contributed by atoms with Crippen molar-refractivity contribution in [1.82, 2.24) is 0 Å². The van der Waals surface area contributed by atoms with E-state index in [2.05, 4.69) is 6.07 Å². The van der Waals surface area contributed by atoms with Gasteiger partial charge in [-0.2, -0.15) is 0 Å². The number of carbonyl (C=O) groups excluding carboxylic acids is 1. The fraction of sp³-hybridized carbons (Fsp3) is 0.312. The summed E-state index contributed by atoms with van der Waals surface area (Å²) in [6, 6.07) is 12.0. The average Bonchev–Trinajstić information content (AvgIpc) is 3.28. The topological polar surface area (TPSA) is 35.5 Å². The summed E-state index contributed by atoms with van der Waals surface area (Å²) in [4.78, 5) is 11.5. The van der Waals surface area contributed by atoms with E-state index in [0.717, 1.165) is 34.9 Å². The molecule has 0 heterocycles. The van der Waals surface area contributed by atoms with Gasteiger partial charge in [-0.05, 0) is 47.4 Å². The molecule has 1 saturated carbocycles. The molecule has 19 heavy (non-hydrogen) atoms. The van der Waals surface area contributed by atoms with Crippen molar-refractivity contribution in [2.45, 2.75) is 19.4 Å². The third kappa shape index (κ3) is 2.70. The summed E-state index contributed by atoms with van der Waals surface area (Å²) in [6.45, 7) is 0.358. The molecule has 2 aromatic carbocycles. The van der Waals surface area contributed by atoms with Gasteiger partial charge in [0.15, 0.2) is 0 Å². The van der Waals surface area contributed by atoms with Gasteiger partial charge < -0.3 is 9.47 Å². The minimum Gasteiger partial charge on any atom is -0.497 e. The van der Waals surface area contributed by atoms with Gasteiger partial charge in [0.1, 0.15) is 12.4 Å². The van der Waals surface area contributed by atoms with E-state index in [0.29, 0.717) is 6.61 Å². The van der Waals surface area contributed by atoms with Crippen molar-refractivity contribution in [1.29, 1.82) is 0 Å². The quantitative estimate of drug-likeness (QED) is 0.787. The summed E-state index contributed by atoms with van der Waals surface area (Å²) in [5.41, 5.74) is 1.02. The van der Waals surface area contributed by atoms with Crippen molar-refractivity contribution in [2.75, 3.05) is 7.11 Å². The van der Waals surface area contributed by atoms with Gasteiger partial charge in [-0.1, -0.05) is 18.2 Å². The van der Waals surface area contributed by atoms with Crippen LogP contribution in [0.25, 0.3) is 10.8 Å². The first-order chi connectivity index (χ1) is 9.26. The van der Waals surface area contributed by atoms with E-state index in [4.69, 9.17) is 9.47 Å². The molecule has 1 aliphatic carbocycles. The zero-order valence-electron chi connectivity index (χ0n) is 10.9. The Hall–Kier alpha value is -2.03. The van der Waals surface area contributed by atoms with E-state index in [1.807, 2.05) is 30.3 Å². The van der Waals surface area contributed by atoms with Crippen LogP contribution in [0, 0.1) is 5.92 Å². The number of fused-ring (bicyclic) bond motifs is 1. The Morgan fingerprint density at radius 1 is 1.16 bits per heavy atom. The van der Waals surface area contributed by atoms with Crippen molar-refractivity contribution in [3.8, 4) is 5.75 Å². The molecule has 0 spiro atoms. The lowest BCUT2D eigenvalue weighted by Gasteiger charge is -2.07. The summed E-state index contributed by atoms with van der Waals surface area (Å²) in [5.74, 6) is 0.944. The first-order valence-corrected chi connectivity index (χ1v) is 6.49. The summed E-state index contributed by atoms with van der Waals surface area (Å²) in [6.07, 6.45) is 1.96. The van der Waals surface area contributed by atoms with Gasteiger partial charge in [0.05, 0.1) is 13.0 Å². The summed E-state index contributed by atoms with van der Waals surface area (Å²) < 4.78 is 10.5.